The molecule has 0 aliphatic rings. The molecule has 54 valence electrons. The molecule has 0 aliphatic heterocycles. The largest absolute Gasteiger partial charge is 0.312 e. The van der Waals surface area contributed by atoms with Gasteiger partial charge in [0.25, 0.3) is 0 Å². The van der Waals surface area contributed by atoms with Gasteiger partial charge in [0.1, 0.15) is 0 Å². The Morgan fingerprint density at radius 2 is 0.889 bits per heavy atom. The van der Waals surface area contributed by atoms with Gasteiger partial charge in [-0.15, -0.1) is 0 Å². The van der Waals surface area contributed by atoms with Crippen molar-refractivity contribution in [2.45, 2.75) is 19.6 Å². The van der Waals surface area contributed by atoms with E-state index in [0.29, 0.717) is 0 Å². The smallest absolute Gasteiger partial charge is 0.0379 e. The zero-order valence-corrected chi connectivity index (χ0v) is 11.4. The Hall–Kier alpha value is 1.28. The second-order valence-corrected chi connectivity index (χ2v) is 5.84. The summed E-state index contributed by atoms with van der Waals surface area (Å²) in [7, 11) is 6.12. The average Bonchev–Trinajstić information content (AvgIpc) is 1.25. The molecular weight excluding hydrogens is 203 g/mol. The Balaban J connectivity index is -0.0000000720. The molecule has 3 heteroatoms. The molecule has 0 aliphatic carbocycles. The molecule has 0 atom stereocenters. The van der Waals surface area contributed by atoms with Crippen LogP contribution in [-0.4, -0.2) is 34.8 Å². The average molecular weight is 221 g/mol. The number of hydrogen-bond donors (Lipinski definition) is 0. The monoisotopic (exact) mass is 221 g/mol. The predicted octanol–water partition coefficient (Wildman–Crippen LogP) is 1.55. The van der Waals surface area contributed by atoms with Gasteiger partial charge in [-0.25, -0.2) is 0 Å². The van der Waals surface area contributed by atoms with Gasteiger partial charge in [-0.2, -0.15) is 0 Å². The summed E-state index contributed by atoms with van der Waals surface area (Å²) in [5.74, 6) is 0. The fraction of sp³-hybridized carbons (Fsp3) is 1.00. The molecule has 0 aromatic carbocycles. The van der Waals surface area contributed by atoms with Crippen LogP contribution in [0.2, 0.25) is 19.6 Å². The summed E-state index contributed by atoms with van der Waals surface area (Å²) in [5.41, 5.74) is 0. The fourth-order valence-corrected chi connectivity index (χ4v) is 0. The maximum Gasteiger partial charge on any atom is 0.0379 e. The molecule has 0 fully saturated rings. The summed E-state index contributed by atoms with van der Waals surface area (Å²) < 4.78 is 0. The van der Waals surface area contributed by atoms with Crippen LogP contribution >= 0.6 is 0 Å². The van der Waals surface area contributed by atoms with Gasteiger partial charge in [0.2, 0.25) is 0 Å². The Morgan fingerprint density at radius 3 is 0.889 bits per heavy atom. The first kappa shape index (κ1) is 16.7. The standard InChI is InChI=1S/C3H9N.C3H9Si.Y/c2*1-4(2)3;/h2*1-3H3;. The van der Waals surface area contributed by atoms with Gasteiger partial charge < -0.3 is 4.90 Å². The van der Waals surface area contributed by atoms with Crippen molar-refractivity contribution in [2.24, 2.45) is 0 Å². The zero-order chi connectivity index (χ0) is 7.15. The van der Waals surface area contributed by atoms with E-state index in [2.05, 4.69) is 19.6 Å². The SMILES string of the molecule is CN(C)C.C[Si](C)C.[Y]. The van der Waals surface area contributed by atoms with Gasteiger partial charge >= 0.3 is 0 Å². The van der Waals surface area contributed by atoms with Crippen LogP contribution in [0.1, 0.15) is 0 Å². The molecule has 0 unspecified atom stereocenters. The van der Waals surface area contributed by atoms with Crippen LogP contribution in [0.15, 0.2) is 0 Å². The Kier molecular flexibility index (Phi) is 22.3. The molecular formula is C6H18NSiY. The molecule has 1 nitrogen and oxygen atoms in total. The van der Waals surface area contributed by atoms with Gasteiger partial charge in [-0.1, -0.05) is 19.6 Å². The van der Waals surface area contributed by atoms with Crippen LogP contribution < -0.4 is 0 Å². The van der Waals surface area contributed by atoms with Crippen LogP contribution in [0.4, 0.5) is 0 Å². The van der Waals surface area contributed by atoms with E-state index >= 15 is 0 Å². The normalized spacial score (nSPS) is 8.00. The minimum absolute atomic E-state index is 0. The van der Waals surface area contributed by atoms with Crippen molar-refractivity contribution in [1.29, 1.82) is 0 Å². The van der Waals surface area contributed by atoms with E-state index in [4.69, 9.17) is 0 Å². The Labute approximate surface area is 86.7 Å². The number of nitrogens with zero attached hydrogens (tertiary/aromatic N) is 1. The minimum atomic E-state index is 0. The zero-order valence-electron chi connectivity index (χ0n) is 7.52. The van der Waals surface area contributed by atoms with Crippen molar-refractivity contribution in [3.63, 3.8) is 0 Å². The molecule has 9 heavy (non-hydrogen) atoms. The first-order valence-electron chi connectivity index (χ1n) is 2.84. The predicted molar refractivity (Wildman–Crippen MR) is 43.0 cm³/mol. The van der Waals surface area contributed by atoms with Gasteiger partial charge in [-0.3, -0.25) is 0 Å². The molecule has 0 amide bonds. The van der Waals surface area contributed by atoms with Crippen LogP contribution in [0.5, 0.6) is 0 Å². The van der Waals surface area contributed by atoms with Crippen molar-refractivity contribution in [3.05, 3.63) is 0 Å². The van der Waals surface area contributed by atoms with E-state index in [1.165, 1.54) is 0 Å². The van der Waals surface area contributed by atoms with Gasteiger partial charge in [0.05, 0.1) is 0 Å². The van der Waals surface area contributed by atoms with Crippen molar-refractivity contribution >= 4 is 8.80 Å². The van der Waals surface area contributed by atoms with Crippen LogP contribution in [0.25, 0.3) is 0 Å². The van der Waals surface area contributed by atoms with Crippen molar-refractivity contribution in [3.8, 4) is 0 Å². The maximum atomic E-state index is 2.27. The van der Waals surface area contributed by atoms with Gasteiger partial charge in [-0.05, 0) is 21.1 Å². The summed E-state index contributed by atoms with van der Waals surface area (Å²) in [6.07, 6.45) is 0. The van der Waals surface area contributed by atoms with E-state index in [0.717, 1.165) is 0 Å². The molecule has 0 bridgehead atoms. The molecule has 0 spiro atoms. The summed E-state index contributed by atoms with van der Waals surface area (Å²) in [6, 6.07) is 0. The number of hydrogen-bond acceptors (Lipinski definition) is 1. The third-order valence-corrected chi connectivity index (χ3v) is 0. The molecule has 0 aromatic heterocycles. The summed E-state index contributed by atoms with van der Waals surface area (Å²) >= 11 is 0. The van der Waals surface area contributed by atoms with E-state index in [9.17, 15) is 0 Å². The topological polar surface area (TPSA) is 3.24 Å². The summed E-state index contributed by atoms with van der Waals surface area (Å²) in [5, 5.41) is 0. The van der Waals surface area contributed by atoms with Gasteiger partial charge in [0, 0.05) is 41.5 Å². The van der Waals surface area contributed by atoms with E-state index in [-0.39, 0.29) is 41.5 Å². The molecule has 0 heterocycles. The van der Waals surface area contributed by atoms with Crippen molar-refractivity contribution in [1.82, 2.24) is 4.90 Å². The second-order valence-electron chi connectivity index (χ2n) is 2.84. The second kappa shape index (κ2) is 12.0. The molecule has 0 rings (SSSR count). The molecule has 0 saturated carbocycles. The van der Waals surface area contributed by atoms with Gasteiger partial charge in [0.15, 0.2) is 0 Å². The Morgan fingerprint density at radius 1 is 0.889 bits per heavy atom. The van der Waals surface area contributed by atoms with Crippen LogP contribution in [-0.2, 0) is 32.7 Å². The Bertz CT molecular complexity index is 28.5. The molecule has 0 saturated heterocycles. The van der Waals surface area contributed by atoms with Crippen molar-refractivity contribution in [2.75, 3.05) is 21.1 Å². The van der Waals surface area contributed by atoms with Crippen LogP contribution in [0.3, 0.4) is 0 Å². The first-order chi connectivity index (χ1) is 3.46. The van der Waals surface area contributed by atoms with E-state index < -0.39 is 0 Å². The molecule has 0 aromatic rings. The third-order valence-electron chi connectivity index (χ3n) is 0. The van der Waals surface area contributed by atoms with Crippen molar-refractivity contribution < 1.29 is 32.7 Å². The minimum Gasteiger partial charge on any atom is -0.312 e. The maximum absolute atomic E-state index is 2.27. The summed E-state index contributed by atoms with van der Waals surface area (Å²) in [4.78, 5) is 2.00. The quantitative estimate of drug-likeness (QED) is 0.561. The third kappa shape index (κ3) is 300. The van der Waals surface area contributed by atoms with Crippen LogP contribution in [0, 0.1) is 0 Å². The number of rotatable bonds is 0. The molecule has 2 radical (unpaired) electrons. The fourth-order valence-electron chi connectivity index (χ4n) is 0. The first-order valence-corrected chi connectivity index (χ1v) is 5.84. The molecule has 0 N–H and O–H groups in total. The van der Waals surface area contributed by atoms with E-state index in [1.54, 1.807) is 0 Å². The van der Waals surface area contributed by atoms with E-state index in [1.807, 2.05) is 26.0 Å². The summed E-state index contributed by atoms with van der Waals surface area (Å²) in [6.45, 7) is 6.81.